The molecule has 0 saturated heterocycles. The van der Waals surface area contributed by atoms with Gasteiger partial charge in [0.25, 0.3) is 0 Å². The lowest BCUT2D eigenvalue weighted by atomic mass is 9.99. The molecule has 3 rings (SSSR count). The quantitative estimate of drug-likeness (QED) is 0.705. The van der Waals surface area contributed by atoms with Gasteiger partial charge in [0.15, 0.2) is 0 Å². The number of aryl methyl sites for hydroxylation is 1. The summed E-state index contributed by atoms with van der Waals surface area (Å²) in [4.78, 5) is -0.582. The standard InChI is InChI=1S/C16H11Cl2FN2O3S/c1-8-15(9-3-5-14(13(19)7-9)25(20,22)23)16(21-24-8)10-2-4-11(17)12(18)6-10/h2-7H,1H3,(H2,20,22,23). The zero-order valence-corrected chi connectivity index (χ0v) is 15.1. The van der Waals surface area contributed by atoms with Crippen molar-refractivity contribution in [3.8, 4) is 22.4 Å². The fourth-order valence-electron chi connectivity index (χ4n) is 2.44. The Morgan fingerprint density at radius 1 is 1.08 bits per heavy atom. The smallest absolute Gasteiger partial charge is 0.240 e. The van der Waals surface area contributed by atoms with Crippen molar-refractivity contribution < 1.29 is 17.3 Å². The Morgan fingerprint density at radius 3 is 2.36 bits per heavy atom. The number of hydrogen-bond acceptors (Lipinski definition) is 4. The number of aromatic nitrogens is 1. The molecule has 0 saturated carbocycles. The average molecular weight is 401 g/mol. The zero-order chi connectivity index (χ0) is 18.4. The summed E-state index contributed by atoms with van der Waals surface area (Å²) >= 11 is 12.0. The minimum atomic E-state index is -4.15. The maximum absolute atomic E-state index is 14.2. The van der Waals surface area contributed by atoms with Crippen molar-refractivity contribution in [3.05, 3.63) is 58.0 Å². The molecule has 0 unspecified atom stereocenters. The van der Waals surface area contributed by atoms with E-state index in [2.05, 4.69) is 5.16 Å². The van der Waals surface area contributed by atoms with Gasteiger partial charge in [0.2, 0.25) is 10.0 Å². The molecule has 0 radical (unpaired) electrons. The van der Waals surface area contributed by atoms with Crippen LogP contribution in [0.1, 0.15) is 5.76 Å². The van der Waals surface area contributed by atoms with Gasteiger partial charge in [-0.3, -0.25) is 0 Å². The summed E-state index contributed by atoms with van der Waals surface area (Å²) in [6, 6.07) is 8.52. The van der Waals surface area contributed by atoms with Crippen LogP contribution in [-0.2, 0) is 10.0 Å². The van der Waals surface area contributed by atoms with Crippen molar-refractivity contribution in [3.63, 3.8) is 0 Å². The van der Waals surface area contributed by atoms with Crippen molar-refractivity contribution in [1.29, 1.82) is 0 Å². The second-order valence-corrected chi connectivity index (χ2v) is 7.63. The molecule has 0 spiro atoms. The first-order valence-corrected chi connectivity index (χ1v) is 9.23. The summed E-state index contributed by atoms with van der Waals surface area (Å²) in [5, 5.41) is 9.69. The first-order valence-electron chi connectivity index (χ1n) is 6.93. The number of sulfonamides is 1. The van der Waals surface area contributed by atoms with E-state index in [1.165, 1.54) is 6.07 Å². The molecule has 0 bridgehead atoms. The molecule has 0 fully saturated rings. The third-order valence-electron chi connectivity index (χ3n) is 3.58. The second-order valence-electron chi connectivity index (χ2n) is 5.28. The molecule has 9 heteroatoms. The molecule has 25 heavy (non-hydrogen) atoms. The summed E-state index contributed by atoms with van der Waals surface area (Å²) in [6.07, 6.45) is 0. The van der Waals surface area contributed by atoms with Gasteiger partial charge in [-0.05, 0) is 36.8 Å². The van der Waals surface area contributed by atoms with Crippen LogP contribution in [0.5, 0.6) is 0 Å². The molecule has 2 N–H and O–H groups in total. The van der Waals surface area contributed by atoms with E-state index < -0.39 is 20.7 Å². The van der Waals surface area contributed by atoms with Crippen molar-refractivity contribution in [2.24, 2.45) is 5.14 Å². The molecule has 1 heterocycles. The first kappa shape index (κ1) is 17.9. The molecule has 2 aromatic carbocycles. The fraction of sp³-hybridized carbons (Fsp3) is 0.0625. The first-order chi connectivity index (χ1) is 11.7. The van der Waals surface area contributed by atoms with Gasteiger partial charge in [-0.15, -0.1) is 0 Å². The van der Waals surface area contributed by atoms with E-state index in [1.807, 2.05) is 0 Å². The van der Waals surface area contributed by atoms with Gasteiger partial charge in [-0.25, -0.2) is 17.9 Å². The van der Waals surface area contributed by atoms with Gasteiger partial charge >= 0.3 is 0 Å². The van der Waals surface area contributed by atoms with Crippen LogP contribution in [-0.4, -0.2) is 13.6 Å². The highest BCUT2D eigenvalue weighted by molar-refractivity contribution is 7.89. The molecule has 0 aliphatic heterocycles. The van der Waals surface area contributed by atoms with Gasteiger partial charge in [-0.1, -0.05) is 40.5 Å². The summed E-state index contributed by atoms with van der Waals surface area (Å²) in [7, 11) is -4.15. The maximum atomic E-state index is 14.2. The third kappa shape index (κ3) is 3.41. The van der Waals surface area contributed by atoms with Gasteiger partial charge in [0, 0.05) is 5.56 Å². The minimum absolute atomic E-state index is 0.335. The molecule has 130 valence electrons. The van der Waals surface area contributed by atoms with E-state index in [-0.39, 0.29) is 0 Å². The monoisotopic (exact) mass is 400 g/mol. The van der Waals surface area contributed by atoms with Crippen molar-refractivity contribution >= 4 is 33.2 Å². The average Bonchev–Trinajstić information content (AvgIpc) is 2.90. The van der Waals surface area contributed by atoms with Crippen LogP contribution in [0, 0.1) is 12.7 Å². The number of nitrogens with zero attached hydrogens (tertiary/aromatic N) is 1. The van der Waals surface area contributed by atoms with Crippen LogP contribution < -0.4 is 5.14 Å². The van der Waals surface area contributed by atoms with Crippen LogP contribution in [0.3, 0.4) is 0 Å². The number of hydrogen-bond donors (Lipinski definition) is 1. The summed E-state index contributed by atoms with van der Waals surface area (Å²) in [6.45, 7) is 1.66. The van der Waals surface area contributed by atoms with Gasteiger partial charge in [0.1, 0.15) is 22.2 Å². The molecular weight excluding hydrogens is 390 g/mol. The van der Waals surface area contributed by atoms with E-state index in [9.17, 15) is 12.8 Å². The lowest BCUT2D eigenvalue weighted by molar-refractivity contribution is 0.400. The van der Waals surface area contributed by atoms with Crippen LogP contribution in [0.25, 0.3) is 22.4 Å². The predicted octanol–water partition coefficient (Wildman–Crippen LogP) is 4.41. The predicted molar refractivity (Wildman–Crippen MR) is 93.5 cm³/mol. The Bertz CT molecular complexity index is 1080. The number of benzene rings is 2. The van der Waals surface area contributed by atoms with Crippen LogP contribution in [0.15, 0.2) is 45.8 Å². The third-order valence-corrected chi connectivity index (χ3v) is 5.27. The molecule has 0 aliphatic rings. The van der Waals surface area contributed by atoms with E-state index in [0.29, 0.717) is 38.2 Å². The fourth-order valence-corrected chi connectivity index (χ4v) is 3.33. The largest absolute Gasteiger partial charge is 0.360 e. The lowest BCUT2D eigenvalue weighted by Crippen LogP contribution is -2.13. The van der Waals surface area contributed by atoms with Crippen molar-refractivity contribution in [2.75, 3.05) is 0 Å². The Kier molecular flexibility index (Phi) is 4.59. The highest BCUT2D eigenvalue weighted by Crippen LogP contribution is 2.37. The Morgan fingerprint density at radius 2 is 1.76 bits per heavy atom. The molecule has 1 aromatic heterocycles. The minimum Gasteiger partial charge on any atom is -0.360 e. The van der Waals surface area contributed by atoms with Crippen LogP contribution in [0.2, 0.25) is 10.0 Å². The number of rotatable bonds is 3. The summed E-state index contributed by atoms with van der Waals surface area (Å²) in [5.74, 6) is -0.524. The Hall–Kier alpha value is -1.93. The highest BCUT2D eigenvalue weighted by atomic mass is 35.5. The molecule has 0 aliphatic carbocycles. The molecule has 5 nitrogen and oxygen atoms in total. The van der Waals surface area contributed by atoms with Gasteiger partial charge in [0.05, 0.1) is 15.6 Å². The van der Waals surface area contributed by atoms with E-state index in [1.54, 1.807) is 25.1 Å². The van der Waals surface area contributed by atoms with Crippen molar-refractivity contribution in [1.82, 2.24) is 5.16 Å². The molecular formula is C16H11Cl2FN2O3S. The van der Waals surface area contributed by atoms with Gasteiger partial charge in [-0.2, -0.15) is 0 Å². The zero-order valence-electron chi connectivity index (χ0n) is 12.8. The Labute approximate surface area is 153 Å². The molecule has 3 aromatic rings. The summed E-state index contributed by atoms with van der Waals surface area (Å²) in [5.41, 5.74) is 1.96. The molecule has 0 amide bonds. The highest BCUT2D eigenvalue weighted by Gasteiger charge is 2.21. The second kappa shape index (κ2) is 6.42. The molecule has 0 atom stereocenters. The topological polar surface area (TPSA) is 86.2 Å². The number of nitrogens with two attached hydrogens (primary N) is 1. The number of primary sulfonamides is 1. The van der Waals surface area contributed by atoms with E-state index >= 15 is 0 Å². The van der Waals surface area contributed by atoms with Crippen molar-refractivity contribution in [2.45, 2.75) is 11.8 Å². The number of halogens is 3. The van der Waals surface area contributed by atoms with Gasteiger partial charge < -0.3 is 4.52 Å². The summed E-state index contributed by atoms with van der Waals surface area (Å²) < 4.78 is 42.1. The maximum Gasteiger partial charge on any atom is 0.240 e. The van der Waals surface area contributed by atoms with E-state index in [0.717, 1.165) is 12.1 Å². The van der Waals surface area contributed by atoms with Crippen LogP contribution >= 0.6 is 23.2 Å². The Balaban J connectivity index is 2.17. The lowest BCUT2D eigenvalue weighted by Gasteiger charge is -2.07. The van der Waals surface area contributed by atoms with Crippen LogP contribution in [0.4, 0.5) is 4.39 Å². The van der Waals surface area contributed by atoms with E-state index in [4.69, 9.17) is 32.9 Å². The SMILES string of the molecule is Cc1onc(-c2ccc(Cl)c(Cl)c2)c1-c1ccc(S(N)(=O)=O)c(F)c1. The normalized spacial score (nSPS) is 11.7.